The number of nitrogens with zero attached hydrogens (tertiary/aromatic N) is 1. The van der Waals surface area contributed by atoms with E-state index in [0.29, 0.717) is 26.2 Å². The minimum atomic E-state index is -0.482. The minimum Gasteiger partial charge on any atom is -0.448 e. The summed E-state index contributed by atoms with van der Waals surface area (Å²) in [6.07, 6.45) is 2.79. The predicted octanol–water partition coefficient (Wildman–Crippen LogP) is 1.40. The van der Waals surface area contributed by atoms with Crippen molar-refractivity contribution in [2.75, 3.05) is 39.4 Å². The first-order valence-electron chi connectivity index (χ1n) is 9.33. The molecule has 154 valence electrons. The summed E-state index contributed by atoms with van der Waals surface area (Å²) in [5, 5.41) is 7.66. The summed E-state index contributed by atoms with van der Waals surface area (Å²) in [4.78, 5) is 35.5. The van der Waals surface area contributed by atoms with Gasteiger partial charge >= 0.3 is 12.2 Å². The molecule has 9 heteroatoms. The van der Waals surface area contributed by atoms with E-state index in [1.807, 2.05) is 13.8 Å². The molecule has 0 spiro atoms. The lowest BCUT2D eigenvalue weighted by molar-refractivity contribution is -0.117. The summed E-state index contributed by atoms with van der Waals surface area (Å²) >= 11 is 0. The Morgan fingerprint density at radius 2 is 1.37 bits per heavy atom. The van der Waals surface area contributed by atoms with Crippen molar-refractivity contribution in [1.29, 1.82) is 0 Å². The van der Waals surface area contributed by atoms with Crippen molar-refractivity contribution in [3.05, 3.63) is 0 Å². The lowest BCUT2D eigenvalue weighted by Gasteiger charge is -2.17. The summed E-state index contributed by atoms with van der Waals surface area (Å²) in [6, 6.07) is 5.24. The summed E-state index contributed by atoms with van der Waals surface area (Å²) in [5.74, 6) is -0.277. The first kappa shape index (κ1) is 24.4. The Labute approximate surface area is 161 Å². The van der Waals surface area contributed by atoms with Crippen molar-refractivity contribution < 1.29 is 23.9 Å². The third kappa shape index (κ3) is 16.6. The van der Waals surface area contributed by atoms with Crippen LogP contribution < -0.4 is 16.0 Å². The Morgan fingerprint density at radius 3 is 1.78 bits per heavy atom. The van der Waals surface area contributed by atoms with E-state index in [1.54, 1.807) is 4.90 Å². The quantitative estimate of drug-likeness (QED) is 0.267. The van der Waals surface area contributed by atoms with Crippen molar-refractivity contribution in [2.24, 2.45) is 0 Å². The first-order chi connectivity index (χ1) is 13.0. The summed E-state index contributed by atoms with van der Waals surface area (Å²) in [7, 11) is 0. The van der Waals surface area contributed by atoms with Gasteiger partial charge in [0.25, 0.3) is 0 Å². The van der Waals surface area contributed by atoms with E-state index in [1.165, 1.54) is 6.92 Å². The summed E-state index contributed by atoms with van der Waals surface area (Å²) < 4.78 is 10.1. The van der Waals surface area contributed by atoms with Crippen LogP contribution in [0.5, 0.6) is 0 Å². The third-order valence-electron chi connectivity index (χ3n) is 3.24. The van der Waals surface area contributed by atoms with Gasteiger partial charge in [0.2, 0.25) is 5.91 Å². The molecule has 0 rings (SSSR count). The van der Waals surface area contributed by atoms with Crippen LogP contribution >= 0.6 is 0 Å². The van der Waals surface area contributed by atoms with Gasteiger partial charge in [-0.15, -0.1) is 0 Å². The molecule has 3 N–H and O–H groups in total. The first-order valence-corrected chi connectivity index (χ1v) is 9.33. The zero-order chi connectivity index (χ0) is 20.3. The molecule has 0 saturated heterocycles. The van der Waals surface area contributed by atoms with E-state index in [-0.39, 0.29) is 19.1 Å². The van der Waals surface area contributed by atoms with Crippen molar-refractivity contribution in [1.82, 2.24) is 20.9 Å². The van der Waals surface area contributed by atoms with Gasteiger partial charge in [-0.3, -0.25) is 10.1 Å². The molecule has 0 aliphatic carbocycles. The van der Waals surface area contributed by atoms with Crippen LogP contribution in [0.2, 0.25) is 0 Å². The van der Waals surface area contributed by atoms with E-state index < -0.39 is 12.2 Å². The number of unbranched alkanes of at least 4 members (excludes halogenated alkanes) is 2. The lowest BCUT2D eigenvalue weighted by atomic mass is 10.3. The van der Waals surface area contributed by atoms with E-state index in [0.717, 1.165) is 25.7 Å². The lowest BCUT2D eigenvalue weighted by Crippen LogP contribution is -2.33. The van der Waals surface area contributed by atoms with Crippen molar-refractivity contribution in [3.8, 4) is 12.1 Å². The molecule has 0 fully saturated rings. The molecule has 0 saturated carbocycles. The van der Waals surface area contributed by atoms with Crippen molar-refractivity contribution in [2.45, 2.75) is 46.5 Å². The van der Waals surface area contributed by atoms with Crippen LogP contribution in [0, 0.1) is 12.1 Å². The smallest absolute Gasteiger partial charge is 0.407 e. The van der Waals surface area contributed by atoms with Gasteiger partial charge in [0, 0.05) is 32.1 Å². The Morgan fingerprint density at radius 1 is 0.889 bits per heavy atom. The zero-order valence-corrected chi connectivity index (χ0v) is 16.6. The summed E-state index contributed by atoms with van der Waals surface area (Å²) in [6.45, 7) is 7.43. The standard InChI is InChI=1S/C18H32N4O5/c1-4-6-8-20-17(24)26-14-12-22(11-10-19-16(3)23)13-15-27-18(25)21-9-7-5-2/h4-9,12-15H2,1-3H3,(H,19,23)(H,20,24)(H,21,25). The normalized spacial score (nSPS) is 9.44. The fourth-order valence-corrected chi connectivity index (χ4v) is 1.75. The van der Waals surface area contributed by atoms with Crippen LogP contribution in [0.15, 0.2) is 0 Å². The largest absolute Gasteiger partial charge is 0.448 e. The van der Waals surface area contributed by atoms with Gasteiger partial charge < -0.3 is 25.0 Å². The minimum absolute atomic E-state index is 0.120. The maximum atomic E-state index is 11.5. The molecule has 0 aliphatic heterocycles. The molecular formula is C18H32N4O5. The number of nitrogens with one attached hydrogen (secondary N) is 3. The highest BCUT2D eigenvalue weighted by molar-refractivity contribution is 5.74. The molecule has 9 nitrogen and oxygen atoms in total. The average Bonchev–Trinajstić information content (AvgIpc) is 2.61. The molecular weight excluding hydrogens is 352 g/mol. The Balaban J connectivity index is 4.23. The molecule has 0 atom stereocenters. The van der Waals surface area contributed by atoms with Gasteiger partial charge in [-0.25, -0.2) is 9.59 Å². The second-order valence-electron chi connectivity index (χ2n) is 5.74. The van der Waals surface area contributed by atoms with Crippen LogP contribution in [0.3, 0.4) is 0 Å². The zero-order valence-electron chi connectivity index (χ0n) is 16.6. The number of alkyl carbamates (subject to hydrolysis) is 2. The number of hydrogen-bond acceptors (Lipinski definition) is 6. The van der Waals surface area contributed by atoms with Crippen LogP contribution in [-0.4, -0.2) is 62.4 Å². The van der Waals surface area contributed by atoms with Crippen LogP contribution in [0.25, 0.3) is 0 Å². The Hall–Kier alpha value is -2.63. The van der Waals surface area contributed by atoms with Gasteiger partial charge in [-0.1, -0.05) is 26.7 Å². The van der Waals surface area contributed by atoms with Gasteiger partial charge in [0.1, 0.15) is 13.2 Å². The second kappa shape index (κ2) is 16.8. The van der Waals surface area contributed by atoms with Gasteiger partial charge in [-0.05, 0) is 12.8 Å². The van der Waals surface area contributed by atoms with Crippen LogP contribution in [-0.2, 0) is 14.3 Å². The van der Waals surface area contributed by atoms with E-state index in [9.17, 15) is 14.4 Å². The second-order valence-corrected chi connectivity index (χ2v) is 5.74. The SMILES string of the molecule is CCCCNC(=O)OCCN(C#CNC(C)=O)CCOC(=O)NCCCC. The van der Waals surface area contributed by atoms with Crippen LogP contribution in [0.4, 0.5) is 9.59 Å². The Bertz CT molecular complexity index is 474. The number of rotatable bonds is 12. The predicted molar refractivity (Wildman–Crippen MR) is 102 cm³/mol. The van der Waals surface area contributed by atoms with Gasteiger partial charge in [0.05, 0.1) is 13.1 Å². The maximum Gasteiger partial charge on any atom is 0.407 e. The molecule has 0 aliphatic rings. The van der Waals surface area contributed by atoms with Crippen molar-refractivity contribution in [3.63, 3.8) is 0 Å². The van der Waals surface area contributed by atoms with Crippen LogP contribution in [0.1, 0.15) is 46.5 Å². The van der Waals surface area contributed by atoms with Gasteiger partial charge in [0.15, 0.2) is 0 Å². The highest BCUT2D eigenvalue weighted by Crippen LogP contribution is 1.91. The molecule has 0 aromatic carbocycles. The molecule has 0 aromatic rings. The molecule has 27 heavy (non-hydrogen) atoms. The molecule has 0 heterocycles. The fourth-order valence-electron chi connectivity index (χ4n) is 1.75. The highest BCUT2D eigenvalue weighted by atomic mass is 16.6. The molecule has 0 unspecified atom stereocenters. The monoisotopic (exact) mass is 384 g/mol. The maximum absolute atomic E-state index is 11.5. The molecule has 0 radical (unpaired) electrons. The van der Waals surface area contributed by atoms with E-state index >= 15 is 0 Å². The highest BCUT2D eigenvalue weighted by Gasteiger charge is 2.06. The number of carbonyl (C=O) groups excluding carboxylic acids is 3. The number of amides is 3. The topological polar surface area (TPSA) is 109 Å². The third-order valence-corrected chi connectivity index (χ3v) is 3.24. The fraction of sp³-hybridized carbons (Fsp3) is 0.722. The van der Waals surface area contributed by atoms with E-state index in [2.05, 4.69) is 28.0 Å². The molecule has 0 bridgehead atoms. The molecule has 3 amide bonds. The molecule has 0 aromatic heterocycles. The average molecular weight is 384 g/mol. The Kier molecular flexibility index (Phi) is 15.2. The number of carbonyl (C=O) groups is 3. The van der Waals surface area contributed by atoms with Gasteiger partial charge in [-0.2, -0.15) is 0 Å². The van der Waals surface area contributed by atoms with E-state index in [4.69, 9.17) is 9.47 Å². The number of hydrogen-bond donors (Lipinski definition) is 3. The number of ether oxygens (including phenoxy) is 2. The summed E-state index contributed by atoms with van der Waals surface area (Å²) in [5.41, 5.74) is 0. The van der Waals surface area contributed by atoms with Crippen molar-refractivity contribution >= 4 is 18.1 Å².